The molecule has 0 atom stereocenters. The molecule has 150 valence electrons. The van der Waals surface area contributed by atoms with Gasteiger partial charge in [0, 0.05) is 24.4 Å². The molecule has 0 saturated carbocycles. The normalized spacial score (nSPS) is 15.4. The van der Waals surface area contributed by atoms with E-state index in [4.69, 9.17) is 5.73 Å². The van der Waals surface area contributed by atoms with Gasteiger partial charge in [0.1, 0.15) is 5.82 Å². The summed E-state index contributed by atoms with van der Waals surface area (Å²) in [6, 6.07) is 5.95. The number of amides is 2. The fourth-order valence-electron chi connectivity index (χ4n) is 3.81. The lowest BCUT2D eigenvalue weighted by Gasteiger charge is -2.33. The molecule has 0 aliphatic carbocycles. The number of carbonyl (C=O) groups is 2. The SMILES string of the molecule is CCN(CC)CC(=O)N1CCC(c2nc3ccc(F)cc3cc2C(N)=O)CC1. The Bertz CT molecular complexity index is 874. The third-order valence-corrected chi connectivity index (χ3v) is 5.56. The number of primary amides is 1. The first-order valence-electron chi connectivity index (χ1n) is 9.83. The van der Waals surface area contributed by atoms with Crippen LogP contribution in [0.15, 0.2) is 24.3 Å². The molecule has 0 unspecified atom stereocenters. The molecule has 0 spiro atoms. The largest absolute Gasteiger partial charge is 0.366 e. The number of benzene rings is 1. The van der Waals surface area contributed by atoms with Crippen molar-refractivity contribution in [2.45, 2.75) is 32.6 Å². The molecular weight excluding hydrogens is 359 g/mol. The van der Waals surface area contributed by atoms with Crippen molar-refractivity contribution in [3.63, 3.8) is 0 Å². The summed E-state index contributed by atoms with van der Waals surface area (Å²) in [5, 5.41) is 0.560. The lowest BCUT2D eigenvalue weighted by Crippen LogP contribution is -2.44. The summed E-state index contributed by atoms with van der Waals surface area (Å²) in [6.45, 7) is 7.49. The molecule has 1 aromatic heterocycles. The van der Waals surface area contributed by atoms with Crippen molar-refractivity contribution in [2.75, 3.05) is 32.7 Å². The van der Waals surface area contributed by atoms with E-state index in [0.29, 0.717) is 41.8 Å². The van der Waals surface area contributed by atoms with Gasteiger partial charge in [-0.2, -0.15) is 0 Å². The van der Waals surface area contributed by atoms with Crippen LogP contribution in [0.25, 0.3) is 10.9 Å². The zero-order valence-corrected chi connectivity index (χ0v) is 16.4. The molecular formula is C21H27FN4O2. The van der Waals surface area contributed by atoms with Crippen LogP contribution in [-0.4, -0.2) is 59.3 Å². The van der Waals surface area contributed by atoms with Crippen LogP contribution in [0, 0.1) is 5.82 Å². The summed E-state index contributed by atoms with van der Waals surface area (Å²) < 4.78 is 13.5. The standard InChI is InChI=1S/C21H27FN4O2/c1-3-25(4-2)13-19(27)26-9-7-14(8-10-26)20-17(21(23)28)12-15-11-16(22)5-6-18(15)24-20/h5-6,11-12,14H,3-4,7-10,13H2,1-2H3,(H2,23,28). The monoisotopic (exact) mass is 386 g/mol. The van der Waals surface area contributed by atoms with Gasteiger partial charge in [-0.15, -0.1) is 0 Å². The summed E-state index contributed by atoms with van der Waals surface area (Å²) in [5.74, 6) is -0.750. The van der Waals surface area contributed by atoms with Crippen molar-refractivity contribution in [1.29, 1.82) is 0 Å². The third-order valence-electron chi connectivity index (χ3n) is 5.56. The Balaban J connectivity index is 1.77. The molecule has 1 fully saturated rings. The van der Waals surface area contributed by atoms with E-state index in [0.717, 1.165) is 25.9 Å². The average Bonchev–Trinajstić information content (AvgIpc) is 2.70. The first-order valence-corrected chi connectivity index (χ1v) is 9.83. The summed E-state index contributed by atoms with van der Waals surface area (Å²) >= 11 is 0. The molecule has 1 aliphatic rings. The van der Waals surface area contributed by atoms with E-state index in [1.54, 1.807) is 12.1 Å². The van der Waals surface area contributed by atoms with Gasteiger partial charge in [-0.1, -0.05) is 13.8 Å². The van der Waals surface area contributed by atoms with Gasteiger partial charge in [-0.05, 0) is 50.2 Å². The average molecular weight is 386 g/mol. The molecule has 0 radical (unpaired) electrons. The van der Waals surface area contributed by atoms with Gasteiger partial charge in [0.15, 0.2) is 0 Å². The highest BCUT2D eigenvalue weighted by atomic mass is 19.1. The number of pyridine rings is 1. The van der Waals surface area contributed by atoms with Crippen LogP contribution in [0.3, 0.4) is 0 Å². The highest BCUT2D eigenvalue weighted by Crippen LogP contribution is 2.31. The zero-order chi connectivity index (χ0) is 20.3. The van der Waals surface area contributed by atoms with Gasteiger partial charge in [0.25, 0.3) is 5.91 Å². The van der Waals surface area contributed by atoms with Crippen molar-refractivity contribution in [3.05, 3.63) is 41.3 Å². The summed E-state index contributed by atoms with van der Waals surface area (Å²) in [6.07, 6.45) is 1.45. The maximum atomic E-state index is 13.5. The first kappa shape index (κ1) is 20.2. The number of hydrogen-bond donors (Lipinski definition) is 1. The van der Waals surface area contributed by atoms with E-state index in [9.17, 15) is 14.0 Å². The molecule has 3 rings (SSSR count). The Hall–Kier alpha value is -2.54. The predicted molar refractivity (Wildman–Crippen MR) is 107 cm³/mol. The molecule has 1 aliphatic heterocycles. The van der Waals surface area contributed by atoms with Crippen LogP contribution >= 0.6 is 0 Å². The van der Waals surface area contributed by atoms with Crippen molar-refractivity contribution in [2.24, 2.45) is 5.73 Å². The highest BCUT2D eigenvalue weighted by Gasteiger charge is 2.28. The number of likely N-dealkylation sites (tertiary alicyclic amines) is 1. The van der Waals surface area contributed by atoms with Crippen LogP contribution in [0.1, 0.15) is 48.7 Å². The van der Waals surface area contributed by atoms with Gasteiger partial charge >= 0.3 is 0 Å². The minimum Gasteiger partial charge on any atom is -0.366 e. The van der Waals surface area contributed by atoms with Gasteiger partial charge in [-0.3, -0.25) is 19.5 Å². The summed E-state index contributed by atoms with van der Waals surface area (Å²) in [5.41, 5.74) is 7.20. The Morgan fingerprint density at radius 3 is 2.50 bits per heavy atom. The number of hydrogen-bond acceptors (Lipinski definition) is 4. The highest BCUT2D eigenvalue weighted by molar-refractivity contribution is 5.97. The second kappa shape index (κ2) is 8.65. The minimum absolute atomic E-state index is 0.0504. The second-order valence-electron chi connectivity index (χ2n) is 7.24. The van der Waals surface area contributed by atoms with E-state index >= 15 is 0 Å². The van der Waals surface area contributed by atoms with Crippen molar-refractivity contribution in [3.8, 4) is 0 Å². The lowest BCUT2D eigenvalue weighted by molar-refractivity contribution is -0.133. The number of piperidine rings is 1. The molecule has 6 nitrogen and oxygen atoms in total. The lowest BCUT2D eigenvalue weighted by atomic mass is 9.89. The minimum atomic E-state index is -0.561. The van der Waals surface area contributed by atoms with E-state index in [-0.39, 0.29) is 17.6 Å². The van der Waals surface area contributed by atoms with Crippen LogP contribution in [0.4, 0.5) is 4.39 Å². The second-order valence-corrected chi connectivity index (χ2v) is 7.24. The Morgan fingerprint density at radius 2 is 1.89 bits per heavy atom. The number of rotatable bonds is 6. The van der Waals surface area contributed by atoms with Crippen LogP contribution in [-0.2, 0) is 4.79 Å². The molecule has 2 heterocycles. The van der Waals surface area contributed by atoms with Crippen LogP contribution in [0.5, 0.6) is 0 Å². The number of halogens is 1. The van der Waals surface area contributed by atoms with Gasteiger partial charge in [-0.25, -0.2) is 4.39 Å². The van der Waals surface area contributed by atoms with E-state index in [1.807, 2.05) is 18.7 Å². The van der Waals surface area contributed by atoms with Gasteiger partial charge in [0.2, 0.25) is 5.91 Å². The molecule has 2 aromatic rings. The summed E-state index contributed by atoms with van der Waals surface area (Å²) in [7, 11) is 0. The molecule has 0 bridgehead atoms. The predicted octanol–water partition coefficient (Wildman–Crippen LogP) is 2.52. The topological polar surface area (TPSA) is 79.5 Å². The van der Waals surface area contributed by atoms with Crippen molar-refractivity contribution >= 4 is 22.7 Å². The molecule has 2 N–H and O–H groups in total. The molecule has 28 heavy (non-hydrogen) atoms. The zero-order valence-electron chi connectivity index (χ0n) is 16.4. The first-order chi connectivity index (χ1) is 13.4. The molecule has 1 saturated heterocycles. The number of aromatic nitrogens is 1. The van der Waals surface area contributed by atoms with Crippen LogP contribution in [0.2, 0.25) is 0 Å². The van der Waals surface area contributed by atoms with Gasteiger partial charge in [0.05, 0.1) is 23.3 Å². The smallest absolute Gasteiger partial charge is 0.250 e. The molecule has 2 amide bonds. The molecule has 1 aromatic carbocycles. The number of nitrogens with two attached hydrogens (primary N) is 1. The quantitative estimate of drug-likeness (QED) is 0.827. The van der Waals surface area contributed by atoms with E-state index < -0.39 is 5.91 Å². The third kappa shape index (κ3) is 4.30. The Kier molecular flexibility index (Phi) is 6.24. The maximum absolute atomic E-state index is 13.5. The maximum Gasteiger partial charge on any atom is 0.250 e. The van der Waals surface area contributed by atoms with Crippen molar-refractivity contribution < 1.29 is 14.0 Å². The number of likely N-dealkylation sites (N-methyl/N-ethyl adjacent to an activating group) is 1. The van der Waals surface area contributed by atoms with Crippen molar-refractivity contribution in [1.82, 2.24) is 14.8 Å². The van der Waals surface area contributed by atoms with Gasteiger partial charge < -0.3 is 10.6 Å². The number of fused-ring (bicyclic) bond motifs is 1. The Labute approximate surface area is 164 Å². The number of carbonyl (C=O) groups excluding carboxylic acids is 2. The van der Waals surface area contributed by atoms with E-state index in [1.165, 1.54) is 12.1 Å². The molecule has 7 heteroatoms. The summed E-state index contributed by atoms with van der Waals surface area (Å²) in [4.78, 5) is 33.1. The Morgan fingerprint density at radius 1 is 1.21 bits per heavy atom. The fourth-order valence-corrected chi connectivity index (χ4v) is 3.81. The van der Waals surface area contributed by atoms with Crippen LogP contribution < -0.4 is 5.73 Å². The van der Waals surface area contributed by atoms with E-state index in [2.05, 4.69) is 9.88 Å². The number of nitrogens with zero attached hydrogens (tertiary/aromatic N) is 3. The fraction of sp³-hybridized carbons (Fsp3) is 0.476.